The largest absolute Gasteiger partial charge is 0.573 e. The van der Waals surface area contributed by atoms with Crippen LogP contribution in [0, 0.1) is 0 Å². The summed E-state index contributed by atoms with van der Waals surface area (Å²) < 4.78 is 78.0. The molecule has 0 bridgehead atoms. The van der Waals surface area contributed by atoms with Crippen molar-refractivity contribution in [2.45, 2.75) is 12.5 Å². The van der Waals surface area contributed by atoms with Gasteiger partial charge < -0.3 is 15.4 Å². The van der Waals surface area contributed by atoms with Crippen LogP contribution in [0.15, 0.2) is 42.5 Å². The van der Waals surface area contributed by atoms with Gasteiger partial charge in [0.25, 0.3) is 0 Å². The van der Waals surface area contributed by atoms with Crippen LogP contribution in [-0.4, -0.2) is 12.4 Å². The molecule has 11 heteroatoms. The third kappa shape index (κ3) is 5.73. The summed E-state index contributed by atoms with van der Waals surface area (Å²) in [5.74, 6) is -0.548. The van der Waals surface area contributed by atoms with Gasteiger partial charge in [0.05, 0.1) is 10.6 Å². The number of benzene rings is 2. The van der Waals surface area contributed by atoms with E-state index in [9.17, 15) is 31.1 Å². The molecule has 0 aliphatic rings. The highest BCUT2D eigenvalue weighted by atomic mass is 35.5. The van der Waals surface area contributed by atoms with E-state index in [0.717, 1.165) is 24.3 Å². The summed E-state index contributed by atoms with van der Waals surface area (Å²) in [6, 6.07) is 6.14. The highest BCUT2D eigenvalue weighted by molar-refractivity contribution is 6.31. The Morgan fingerprint density at radius 2 is 1.54 bits per heavy atom. The first-order valence-electron chi connectivity index (χ1n) is 6.74. The van der Waals surface area contributed by atoms with Gasteiger partial charge in [0, 0.05) is 17.4 Å². The van der Waals surface area contributed by atoms with Gasteiger partial charge in [0.2, 0.25) is 0 Å². The second kappa shape index (κ2) is 7.32. The maximum Gasteiger partial charge on any atom is 0.573 e. The molecule has 0 aliphatic heterocycles. The van der Waals surface area contributed by atoms with Crippen molar-refractivity contribution in [3.8, 4) is 5.75 Å². The fourth-order valence-electron chi connectivity index (χ4n) is 1.89. The molecule has 0 atom stereocenters. The van der Waals surface area contributed by atoms with E-state index < -0.39 is 34.9 Å². The number of hydrogen-bond acceptors (Lipinski definition) is 2. The van der Waals surface area contributed by atoms with Crippen molar-refractivity contribution < 1.29 is 35.9 Å². The van der Waals surface area contributed by atoms with Crippen LogP contribution in [-0.2, 0) is 6.18 Å². The van der Waals surface area contributed by atoms with Crippen LogP contribution in [0.2, 0.25) is 5.02 Å². The van der Waals surface area contributed by atoms with Gasteiger partial charge in [0.15, 0.2) is 0 Å². The van der Waals surface area contributed by atoms with Gasteiger partial charge in [0.1, 0.15) is 5.75 Å². The normalized spacial score (nSPS) is 11.8. The SMILES string of the molecule is O=C(Nc1cccc(OC(F)(F)F)c1)Nc1ccc(C(F)(F)F)c(Cl)c1. The van der Waals surface area contributed by atoms with Crippen LogP contribution in [0.25, 0.3) is 0 Å². The van der Waals surface area contributed by atoms with Gasteiger partial charge >= 0.3 is 18.6 Å². The third-order valence-corrected chi connectivity index (χ3v) is 3.17. The van der Waals surface area contributed by atoms with Gasteiger partial charge in [-0.3, -0.25) is 0 Å². The molecule has 0 aromatic heterocycles. The number of alkyl halides is 6. The van der Waals surface area contributed by atoms with Gasteiger partial charge in [-0.1, -0.05) is 17.7 Å². The summed E-state index contributed by atoms with van der Waals surface area (Å²) in [7, 11) is 0. The van der Waals surface area contributed by atoms with Crippen molar-refractivity contribution in [1.29, 1.82) is 0 Å². The molecule has 0 aliphatic carbocycles. The Morgan fingerprint density at radius 3 is 2.08 bits per heavy atom. The number of carbonyl (C=O) groups is 1. The molecule has 0 unspecified atom stereocenters. The van der Waals surface area contributed by atoms with E-state index in [1.807, 2.05) is 0 Å². The summed E-state index contributed by atoms with van der Waals surface area (Å²) >= 11 is 5.53. The lowest BCUT2D eigenvalue weighted by Gasteiger charge is -2.13. The van der Waals surface area contributed by atoms with Crippen LogP contribution in [0.1, 0.15) is 5.56 Å². The van der Waals surface area contributed by atoms with Crippen molar-refractivity contribution >= 4 is 29.0 Å². The molecule has 0 saturated heterocycles. The number of amides is 2. The summed E-state index contributed by atoms with van der Waals surface area (Å²) in [4.78, 5) is 11.8. The molecule has 2 rings (SSSR count). The third-order valence-electron chi connectivity index (χ3n) is 2.86. The standard InChI is InChI=1S/C15H9ClF6N2O2/c16-12-7-9(4-5-11(12)14(17,18)19)24-13(25)23-8-2-1-3-10(6-8)26-15(20,21)22/h1-7H,(H2,23,24,25). The second-order valence-corrected chi connectivity index (χ2v) is 5.25. The fourth-order valence-corrected chi connectivity index (χ4v) is 2.17. The molecule has 2 aromatic rings. The predicted octanol–water partition coefficient (Wildman–Crippen LogP) is 5.90. The summed E-state index contributed by atoms with van der Waals surface area (Å²) in [5.41, 5.74) is -1.13. The zero-order valence-corrected chi connectivity index (χ0v) is 13.3. The topological polar surface area (TPSA) is 50.4 Å². The Bertz CT molecular complexity index is 807. The molecule has 26 heavy (non-hydrogen) atoms. The number of halogens is 7. The van der Waals surface area contributed by atoms with Crippen LogP contribution in [0.4, 0.5) is 42.5 Å². The molecule has 0 radical (unpaired) electrons. The average molecular weight is 399 g/mol. The van der Waals surface area contributed by atoms with E-state index in [1.54, 1.807) is 0 Å². The van der Waals surface area contributed by atoms with Gasteiger partial charge in [-0.25, -0.2) is 4.79 Å². The molecule has 0 fully saturated rings. The summed E-state index contributed by atoms with van der Waals surface area (Å²) in [5, 5.41) is 3.82. The lowest BCUT2D eigenvalue weighted by molar-refractivity contribution is -0.274. The first kappa shape index (κ1) is 19.7. The quantitative estimate of drug-likeness (QED) is 0.632. The number of urea groups is 1. The monoisotopic (exact) mass is 398 g/mol. The van der Waals surface area contributed by atoms with E-state index >= 15 is 0 Å². The smallest absolute Gasteiger partial charge is 0.406 e. The first-order valence-corrected chi connectivity index (χ1v) is 7.12. The number of nitrogens with one attached hydrogen (secondary N) is 2. The lowest BCUT2D eigenvalue weighted by Crippen LogP contribution is -2.20. The van der Waals surface area contributed by atoms with Crippen molar-refractivity contribution in [3.05, 3.63) is 53.1 Å². The Labute approximate surface area is 147 Å². The van der Waals surface area contributed by atoms with Gasteiger partial charge in [-0.15, -0.1) is 13.2 Å². The minimum absolute atomic E-state index is 0.0257. The van der Waals surface area contributed by atoms with Gasteiger partial charge in [-0.2, -0.15) is 13.2 Å². The zero-order chi connectivity index (χ0) is 19.5. The molecule has 0 spiro atoms. The molecule has 140 valence electrons. The van der Waals surface area contributed by atoms with Crippen LogP contribution in [0.3, 0.4) is 0 Å². The highest BCUT2D eigenvalue weighted by Crippen LogP contribution is 2.35. The highest BCUT2D eigenvalue weighted by Gasteiger charge is 2.33. The molecular weight excluding hydrogens is 390 g/mol. The van der Waals surface area contributed by atoms with Crippen molar-refractivity contribution in [2.24, 2.45) is 0 Å². The first-order chi connectivity index (χ1) is 11.9. The Morgan fingerprint density at radius 1 is 0.923 bits per heavy atom. The number of carbonyl (C=O) groups excluding carboxylic acids is 1. The summed E-state index contributed by atoms with van der Waals surface area (Å²) in [6.45, 7) is 0. The van der Waals surface area contributed by atoms with E-state index in [1.165, 1.54) is 12.1 Å². The molecule has 0 heterocycles. The van der Waals surface area contributed by atoms with E-state index in [4.69, 9.17) is 11.6 Å². The maximum absolute atomic E-state index is 12.6. The van der Waals surface area contributed by atoms with Crippen LogP contribution >= 0.6 is 11.6 Å². The number of anilines is 2. The number of hydrogen-bond donors (Lipinski definition) is 2. The van der Waals surface area contributed by atoms with E-state index in [-0.39, 0.29) is 11.4 Å². The Hall–Kier alpha value is -2.62. The Balaban J connectivity index is 2.05. The fraction of sp³-hybridized carbons (Fsp3) is 0.133. The van der Waals surface area contributed by atoms with Crippen molar-refractivity contribution in [1.82, 2.24) is 0 Å². The minimum Gasteiger partial charge on any atom is -0.406 e. The average Bonchev–Trinajstić information content (AvgIpc) is 2.44. The van der Waals surface area contributed by atoms with Crippen molar-refractivity contribution in [2.75, 3.05) is 10.6 Å². The van der Waals surface area contributed by atoms with Crippen molar-refractivity contribution in [3.63, 3.8) is 0 Å². The number of ether oxygens (including phenoxy) is 1. The molecule has 2 amide bonds. The predicted molar refractivity (Wildman–Crippen MR) is 82.2 cm³/mol. The number of rotatable bonds is 3. The molecule has 0 saturated carbocycles. The van der Waals surface area contributed by atoms with Crippen LogP contribution in [0.5, 0.6) is 5.75 Å². The summed E-state index contributed by atoms with van der Waals surface area (Å²) in [6.07, 6.45) is -9.53. The van der Waals surface area contributed by atoms with Crippen LogP contribution < -0.4 is 15.4 Å². The molecule has 4 nitrogen and oxygen atoms in total. The second-order valence-electron chi connectivity index (χ2n) is 4.85. The van der Waals surface area contributed by atoms with Gasteiger partial charge in [-0.05, 0) is 30.3 Å². The van der Waals surface area contributed by atoms with E-state index in [0.29, 0.717) is 6.07 Å². The lowest BCUT2D eigenvalue weighted by atomic mass is 10.2. The Kier molecular flexibility index (Phi) is 5.55. The molecule has 2 N–H and O–H groups in total. The zero-order valence-electron chi connectivity index (χ0n) is 12.5. The minimum atomic E-state index is -4.89. The molecular formula is C15H9ClF6N2O2. The van der Waals surface area contributed by atoms with E-state index in [2.05, 4.69) is 15.4 Å². The molecule has 2 aromatic carbocycles. The maximum atomic E-state index is 12.6.